The van der Waals surface area contributed by atoms with Crippen LogP contribution in [0.25, 0.3) is 0 Å². The average molecular weight is 393 g/mol. The van der Waals surface area contributed by atoms with E-state index in [0.717, 1.165) is 5.56 Å². The maximum absolute atomic E-state index is 12.1. The third kappa shape index (κ3) is 4.26. The minimum absolute atomic E-state index is 0.324. The first kappa shape index (κ1) is 17.8. The molecule has 0 atom stereocenters. The highest BCUT2D eigenvalue weighted by molar-refractivity contribution is 9.10. The Morgan fingerprint density at radius 3 is 2.29 bits per heavy atom. The number of carbonyl (C=O) groups excluding carboxylic acids is 1. The zero-order valence-electron chi connectivity index (χ0n) is 13.5. The second kappa shape index (κ2) is 8.35. The summed E-state index contributed by atoms with van der Waals surface area (Å²) in [5.74, 6) is 1.55. The van der Waals surface area contributed by atoms with Gasteiger partial charge in [0.25, 0.3) is 5.91 Å². The number of methoxy groups -OCH3 is 3. The second-order valence-electron chi connectivity index (χ2n) is 4.66. The molecule has 0 aliphatic carbocycles. The number of nitrogens with zero attached hydrogens (tertiary/aromatic N) is 1. The van der Waals surface area contributed by atoms with Crippen molar-refractivity contribution in [1.29, 1.82) is 0 Å². The molecular weight excluding hydrogens is 376 g/mol. The fraction of sp³-hybridized carbons (Fsp3) is 0.176. The van der Waals surface area contributed by atoms with Crippen LogP contribution in [0.1, 0.15) is 15.9 Å². The minimum Gasteiger partial charge on any atom is -0.496 e. The zero-order chi connectivity index (χ0) is 17.5. The molecule has 6 nitrogen and oxygen atoms in total. The molecule has 0 fully saturated rings. The number of benzene rings is 2. The molecule has 126 valence electrons. The van der Waals surface area contributed by atoms with Gasteiger partial charge in [0, 0.05) is 5.56 Å². The van der Waals surface area contributed by atoms with Gasteiger partial charge in [-0.1, -0.05) is 0 Å². The lowest BCUT2D eigenvalue weighted by Gasteiger charge is -2.07. The molecule has 2 rings (SSSR count). The van der Waals surface area contributed by atoms with Crippen molar-refractivity contribution in [2.45, 2.75) is 0 Å². The summed E-state index contributed by atoms with van der Waals surface area (Å²) < 4.78 is 16.2. The van der Waals surface area contributed by atoms with Gasteiger partial charge in [0.15, 0.2) is 11.5 Å². The number of carbonyl (C=O) groups is 1. The molecule has 1 amide bonds. The largest absolute Gasteiger partial charge is 0.496 e. The first-order valence-electron chi connectivity index (χ1n) is 6.98. The van der Waals surface area contributed by atoms with E-state index in [4.69, 9.17) is 14.2 Å². The van der Waals surface area contributed by atoms with Gasteiger partial charge in [-0.3, -0.25) is 4.79 Å². The maximum Gasteiger partial charge on any atom is 0.271 e. The number of amides is 1. The van der Waals surface area contributed by atoms with E-state index in [9.17, 15) is 4.79 Å². The zero-order valence-corrected chi connectivity index (χ0v) is 15.1. The molecule has 2 aromatic rings. The normalized spacial score (nSPS) is 10.5. The standard InChI is InChI=1S/C17H17BrN2O4/c1-22-14-7-5-12(9-13(14)18)17(21)20-19-10-11-4-6-15(23-2)16(8-11)24-3/h4-10H,1-3H3,(H,20,21)/b19-10-. The predicted molar refractivity (Wildman–Crippen MR) is 95.3 cm³/mol. The number of halogens is 1. The smallest absolute Gasteiger partial charge is 0.271 e. The summed E-state index contributed by atoms with van der Waals surface area (Å²) in [5.41, 5.74) is 3.71. The predicted octanol–water partition coefficient (Wildman–Crippen LogP) is 3.24. The summed E-state index contributed by atoms with van der Waals surface area (Å²) in [6.07, 6.45) is 1.53. The molecule has 0 radical (unpaired) electrons. The van der Waals surface area contributed by atoms with Crippen molar-refractivity contribution in [2.75, 3.05) is 21.3 Å². The van der Waals surface area contributed by atoms with Crippen molar-refractivity contribution >= 4 is 28.1 Å². The molecule has 1 N–H and O–H groups in total. The molecule has 2 aromatic carbocycles. The van der Waals surface area contributed by atoms with E-state index < -0.39 is 0 Å². The van der Waals surface area contributed by atoms with Gasteiger partial charge >= 0.3 is 0 Å². The molecular formula is C17H17BrN2O4. The van der Waals surface area contributed by atoms with Gasteiger partial charge in [-0.15, -0.1) is 0 Å². The van der Waals surface area contributed by atoms with Gasteiger partial charge in [-0.05, 0) is 57.9 Å². The summed E-state index contributed by atoms with van der Waals surface area (Å²) in [6.45, 7) is 0. The van der Waals surface area contributed by atoms with Crippen LogP contribution < -0.4 is 19.6 Å². The number of hydrazone groups is 1. The second-order valence-corrected chi connectivity index (χ2v) is 5.52. The van der Waals surface area contributed by atoms with E-state index in [-0.39, 0.29) is 5.91 Å². The molecule has 0 aliphatic rings. The molecule has 0 saturated heterocycles. The van der Waals surface area contributed by atoms with Gasteiger partial charge in [0.05, 0.1) is 32.0 Å². The highest BCUT2D eigenvalue weighted by Crippen LogP contribution is 2.27. The summed E-state index contributed by atoms with van der Waals surface area (Å²) in [7, 11) is 4.69. The Kier molecular flexibility index (Phi) is 6.20. The number of hydrogen-bond acceptors (Lipinski definition) is 5. The first-order valence-corrected chi connectivity index (χ1v) is 7.77. The van der Waals surface area contributed by atoms with E-state index in [0.29, 0.717) is 27.3 Å². The third-order valence-corrected chi connectivity index (χ3v) is 3.82. The molecule has 0 aromatic heterocycles. The Morgan fingerprint density at radius 2 is 1.67 bits per heavy atom. The average Bonchev–Trinajstić information content (AvgIpc) is 2.61. The molecule has 0 aliphatic heterocycles. The van der Waals surface area contributed by atoms with E-state index >= 15 is 0 Å². The highest BCUT2D eigenvalue weighted by Gasteiger charge is 2.08. The van der Waals surface area contributed by atoms with Crippen LogP contribution in [0.5, 0.6) is 17.2 Å². The van der Waals surface area contributed by atoms with Crippen molar-refractivity contribution in [3.05, 3.63) is 52.0 Å². The number of rotatable bonds is 6. The summed E-state index contributed by atoms with van der Waals surface area (Å²) in [6, 6.07) is 10.4. The monoisotopic (exact) mass is 392 g/mol. The number of hydrogen-bond donors (Lipinski definition) is 1. The fourth-order valence-corrected chi connectivity index (χ4v) is 2.51. The van der Waals surface area contributed by atoms with Crippen LogP contribution in [0.15, 0.2) is 46.0 Å². The summed E-state index contributed by atoms with van der Waals surface area (Å²) >= 11 is 3.34. The van der Waals surface area contributed by atoms with E-state index in [1.54, 1.807) is 57.7 Å². The Hall–Kier alpha value is -2.54. The molecule has 24 heavy (non-hydrogen) atoms. The third-order valence-electron chi connectivity index (χ3n) is 3.20. The lowest BCUT2D eigenvalue weighted by molar-refractivity contribution is 0.0955. The van der Waals surface area contributed by atoms with Gasteiger partial charge in [-0.25, -0.2) is 5.43 Å². The van der Waals surface area contributed by atoms with Crippen LogP contribution in [-0.4, -0.2) is 33.5 Å². The molecule has 7 heteroatoms. The lowest BCUT2D eigenvalue weighted by atomic mass is 10.2. The summed E-state index contributed by atoms with van der Waals surface area (Å²) in [4.78, 5) is 12.1. The van der Waals surface area contributed by atoms with E-state index in [1.165, 1.54) is 6.21 Å². The van der Waals surface area contributed by atoms with E-state index in [2.05, 4.69) is 26.5 Å². The Labute approximate surface area is 148 Å². The molecule has 0 heterocycles. The maximum atomic E-state index is 12.1. The Morgan fingerprint density at radius 1 is 1.00 bits per heavy atom. The molecule has 0 spiro atoms. The Bertz CT molecular complexity index is 762. The van der Waals surface area contributed by atoms with Crippen molar-refractivity contribution in [3.63, 3.8) is 0 Å². The van der Waals surface area contributed by atoms with Crippen molar-refractivity contribution in [3.8, 4) is 17.2 Å². The van der Waals surface area contributed by atoms with Crippen LogP contribution in [0.3, 0.4) is 0 Å². The number of nitrogens with one attached hydrogen (secondary N) is 1. The highest BCUT2D eigenvalue weighted by atomic mass is 79.9. The summed E-state index contributed by atoms with van der Waals surface area (Å²) in [5, 5.41) is 3.95. The lowest BCUT2D eigenvalue weighted by Crippen LogP contribution is -2.17. The van der Waals surface area contributed by atoms with Gasteiger partial charge in [0.2, 0.25) is 0 Å². The van der Waals surface area contributed by atoms with Crippen molar-refractivity contribution < 1.29 is 19.0 Å². The Balaban J connectivity index is 2.05. The fourth-order valence-electron chi connectivity index (χ4n) is 1.97. The van der Waals surface area contributed by atoms with Crippen LogP contribution >= 0.6 is 15.9 Å². The topological polar surface area (TPSA) is 69.2 Å². The first-order chi connectivity index (χ1) is 11.6. The van der Waals surface area contributed by atoms with E-state index in [1.807, 2.05) is 0 Å². The molecule has 0 unspecified atom stereocenters. The van der Waals surface area contributed by atoms with Gasteiger partial charge in [-0.2, -0.15) is 5.10 Å². The minimum atomic E-state index is -0.324. The van der Waals surface area contributed by atoms with Crippen LogP contribution in [-0.2, 0) is 0 Å². The van der Waals surface area contributed by atoms with Gasteiger partial charge < -0.3 is 14.2 Å². The van der Waals surface area contributed by atoms with Gasteiger partial charge in [0.1, 0.15) is 5.75 Å². The molecule has 0 bridgehead atoms. The van der Waals surface area contributed by atoms with Crippen LogP contribution in [0.4, 0.5) is 0 Å². The molecule has 0 saturated carbocycles. The number of ether oxygens (including phenoxy) is 3. The quantitative estimate of drug-likeness (QED) is 0.605. The van der Waals surface area contributed by atoms with Crippen molar-refractivity contribution in [1.82, 2.24) is 5.43 Å². The van der Waals surface area contributed by atoms with Crippen molar-refractivity contribution in [2.24, 2.45) is 5.10 Å². The van der Waals surface area contributed by atoms with Crippen LogP contribution in [0.2, 0.25) is 0 Å². The SMILES string of the molecule is COc1ccc(C(=O)N/N=C\c2ccc(OC)c(OC)c2)cc1Br. The van der Waals surface area contributed by atoms with Crippen LogP contribution in [0, 0.1) is 0 Å².